The fourth-order valence-corrected chi connectivity index (χ4v) is 3.00. The molecule has 2 nitrogen and oxygen atoms in total. The molecule has 0 N–H and O–H groups in total. The first-order valence-corrected chi connectivity index (χ1v) is 8.15. The number of allylic oxidation sites excluding steroid dienone is 1. The van der Waals surface area contributed by atoms with Crippen LogP contribution in [0.5, 0.6) is 5.75 Å². The minimum atomic E-state index is -0.519. The molecular weight excluding hydrogens is 260 g/mol. The van der Waals surface area contributed by atoms with E-state index < -0.39 is 5.79 Å². The first-order chi connectivity index (χ1) is 10.0. The van der Waals surface area contributed by atoms with E-state index in [1.165, 1.54) is 12.8 Å². The summed E-state index contributed by atoms with van der Waals surface area (Å²) in [7, 11) is 0. The van der Waals surface area contributed by atoms with Crippen molar-refractivity contribution >= 4 is 5.57 Å². The molecule has 21 heavy (non-hydrogen) atoms. The van der Waals surface area contributed by atoms with Crippen molar-refractivity contribution in [2.45, 2.75) is 71.2 Å². The first-order valence-electron chi connectivity index (χ1n) is 8.15. The third kappa shape index (κ3) is 4.60. The number of hydrogen-bond acceptors (Lipinski definition) is 2. The molecule has 1 aliphatic rings. The van der Waals surface area contributed by atoms with Gasteiger partial charge in [0.2, 0.25) is 5.79 Å². The second kappa shape index (κ2) is 7.13. The molecule has 0 aliphatic heterocycles. The SMILES string of the molecule is C=C(C)c1ccc(OC(C)(CCC)OC2CCCC2)cc1. The normalized spacial score (nSPS) is 18.4. The predicted octanol–water partition coefficient (Wildman–Crippen LogP) is 5.57. The van der Waals surface area contributed by atoms with Gasteiger partial charge in [-0.25, -0.2) is 0 Å². The highest BCUT2D eigenvalue weighted by Gasteiger charge is 2.31. The van der Waals surface area contributed by atoms with E-state index in [0.717, 1.165) is 42.6 Å². The molecule has 1 atom stereocenters. The maximum atomic E-state index is 6.28. The summed E-state index contributed by atoms with van der Waals surface area (Å²) in [6.07, 6.45) is 7.20. The zero-order valence-corrected chi connectivity index (χ0v) is 13.7. The predicted molar refractivity (Wildman–Crippen MR) is 88.4 cm³/mol. The third-order valence-corrected chi connectivity index (χ3v) is 4.10. The number of hydrogen-bond donors (Lipinski definition) is 0. The Labute approximate surface area is 129 Å². The van der Waals surface area contributed by atoms with Gasteiger partial charge in [-0.1, -0.05) is 44.1 Å². The molecule has 0 saturated heterocycles. The van der Waals surface area contributed by atoms with Gasteiger partial charge < -0.3 is 9.47 Å². The van der Waals surface area contributed by atoms with E-state index in [4.69, 9.17) is 9.47 Å². The van der Waals surface area contributed by atoms with Crippen LogP contribution in [0.2, 0.25) is 0 Å². The van der Waals surface area contributed by atoms with Gasteiger partial charge in [-0.2, -0.15) is 0 Å². The Morgan fingerprint density at radius 1 is 1.24 bits per heavy atom. The van der Waals surface area contributed by atoms with E-state index in [1.54, 1.807) is 0 Å². The Balaban J connectivity index is 2.05. The van der Waals surface area contributed by atoms with Gasteiger partial charge in [0.25, 0.3) is 0 Å². The molecule has 1 unspecified atom stereocenters. The second-order valence-corrected chi connectivity index (χ2v) is 6.31. The van der Waals surface area contributed by atoms with Crippen molar-refractivity contribution in [1.29, 1.82) is 0 Å². The van der Waals surface area contributed by atoms with Gasteiger partial charge in [0.05, 0.1) is 6.10 Å². The molecular formula is C19H28O2. The molecule has 0 spiro atoms. The van der Waals surface area contributed by atoms with Gasteiger partial charge in [-0.15, -0.1) is 0 Å². The molecule has 0 bridgehead atoms. The second-order valence-electron chi connectivity index (χ2n) is 6.31. The van der Waals surface area contributed by atoms with Crippen LogP contribution in [0.4, 0.5) is 0 Å². The van der Waals surface area contributed by atoms with Crippen molar-refractivity contribution in [3.05, 3.63) is 36.4 Å². The largest absolute Gasteiger partial charge is 0.463 e. The summed E-state index contributed by atoms with van der Waals surface area (Å²) in [6, 6.07) is 8.13. The molecule has 0 heterocycles. The lowest BCUT2D eigenvalue weighted by Crippen LogP contribution is -2.38. The summed E-state index contributed by atoms with van der Waals surface area (Å²) in [5.41, 5.74) is 2.22. The van der Waals surface area contributed by atoms with Crippen LogP contribution in [0.3, 0.4) is 0 Å². The molecule has 0 aromatic heterocycles. The number of rotatable bonds is 7. The zero-order chi connectivity index (χ0) is 15.3. The molecule has 116 valence electrons. The van der Waals surface area contributed by atoms with Crippen LogP contribution >= 0.6 is 0 Å². The monoisotopic (exact) mass is 288 g/mol. The third-order valence-electron chi connectivity index (χ3n) is 4.10. The minimum absolute atomic E-state index is 0.358. The molecule has 1 aromatic rings. The Hall–Kier alpha value is -1.28. The Bertz CT molecular complexity index is 457. The smallest absolute Gasteiger partial charge is 0.207 e. The average Bonchev–Trinajstić information content (AvgIpc) is 2.91. The van der Waals surface area contributed by atoms with Crippen molar-refractivity contribution in [3.8, 4) is 5.75 Å². The van der Waals surface area contributed by atoms with Gasteiger partial charge in [0.15, 0.2) is 0 Å². The van der Waals surface area contributed by atoms with Crippen LogP contribution in [-0.2, 0) is 4.74 Å². The van der Waals surface area contributed by atoms with E-state index in [2.05, 4.69) is 32.6 Å². The highest BCUT2D eigenvalue weighted by Crippen LogP contribution is 2.31. The maximum absolute atomic E-state index is 6.28. The molecule has 2 rings (SSSR count). The lowest BCUT2D eigenvalue weighted by Gasteiger charge is -2.33. The highest BCUT2D eigenvalue weighted by atomic mass is 16.7. The molecule has 1 fully saturated rings. The summed E-state index contributed by atoms with van der Waals surface area (Å²) < 4.78 is 12.5. The van der Waals surface area contributed by atoms with Crippen LogP contribution in [0, 0.1) is 0 Å². The van der Waals surface area contributed by atoms with Crippen molar-refractivity contribution in [3.63, 3.8) is 0 Å². The average molecular weight is 288 g/mol. The molecule has 1 saturated carbocycles. The van der Waals surface area contributed by atoms with Gasteiger partial charge in [-0.05, 0) is 43.9 Å². The fraction of sp³-hybridized carbons (Fsp3) is 0.579. The van der Waals surface area contributed by atoms with E-state index >= 15 is 0 Å². The first kappa shape index (κ1) is 16.1. The van der Waals surface area contributed by atoms with Crippen LogP contribution in [0.15, 0.2) is 30.8 Å². The highest BCUT2D eigenvalue weighted by molar-refractivity contribution is 5.61. The van der Waals surface area contributed by atoms with Gasteiger partial charge in [0.1, 0.15) is 5.75 Å². The quantitative estimate of drug-likeness (QED) is 0.610. The standard InChI is InChI=1S/C19H28O2/c1-5-14-19(4,20-17-8-6-7-9-17)21-18-12-10-16(11-13-18)15(2)3/h10-13,17H,2,5-9,14H2,1,3-4H3. The molecule has 1 aromatic carbocycles. The van der Waals surface area contributed by atoms with Crippen molar-refractivity contribution in [2.75, 3.05) is 0 Å². The molecule has 0 amide bonds. The summed E-state index contributed by atoms with van der Waals surface area (Å²) in [4.78, 5) is 0. The van der Waals surface area contributed by atoms with E-state index in [0.29, 0.717) is 6.10 Å². The lowest BCUT2D eigenvalue weighted by atomic mass is 10.1. The Morgan fingerprint density at radius 2 is 1.86 bits per heavy atom. The summed E-state index contributed by atoms with van der Waals surface area (Å²) in [6.45, 7) is 10.2. The molecule has 0 radical (unpaired) electrons. The van der Waals surface area contributed by atoms with Gasteiger partial charge >= 0.3 is 0 Å². The van der Waals surface area contributed by atoms with E-state index in [1.807, 2.05) is 19.1 Å². The van der Waals surface area contributed by atoms with Crippen LogP contribution < -0.4 is 4.74 Å². The van der Waals surface area contributed by atoms with Crippen molar-refractivity contribution in [1.82, 2.24) is 0 Å². The zero-order valence-electron chi connectivity index (χ0n) is 13.7. The van der Waals surface area contributed by atoms with Gasteiger partial charge in [0, 0.05) is 13.3 Å². The summed E-state index contributed by atoms with van der Waals surface area (Å²) >= 11 is 0. The number of ether oxygens (including phenoxy) is 2. The topological polar surface area (TPSA) is 18.5 Å². The van der Waals surface area contributed by atoms with Crippen LogP contribution in [0.1, 0.15) is 64.9 Å². The molecule has 2 heteroatoms. The van der Waals surface area contributed by atoms with Crippen molar-refractivity contribution < 1.29 is 9.47 Å². The summed E-state index contributed by atoms with van der Waals surface area (Å²) in [5, 5.41) is 0. The van der Waals surface area contributed by atoms with Crippen LogP contribution in [0.25, 0.3) is 5.57 Å². The van der Waals surface area contributed by atoms with E-state index in [-0.39, 0.29) is 0 Å². The minimum Gasteiger partial charge on any atom is -0.463 e. The van der Waals surface area contributed by atoms with E-state index in [9.17, 15) is 0 Å². The Kier molecular flexibility index (Phi) is 5.46. The lowest BCUT2D eigenvalue weighted by molar-refractivity contribution is -0.202. The Morgan fingerprint density at radius 3 is 2.38 bits per heavy atom. The fourth-order valence-electron chi connectivity index (χ4n) is 3.00. The maximum Gasteiger partial charge on any atom is 0.207 e. The number of benzene rings is 1. The van der Waals surface area contributed by atoms with Crippen molar-refractivity contribution in [2.24, 2.45) is 0 Å². The summed E-state index contributed by atoms with van der Waals surface area (Å²) in [5.74, 6) is 0.350. The van der Waals surface area contributed by atoms with Crippen LogP contribution in [-0.4, -0.2) is 11.9 Å². The molecule has 1 aliphatic carbocycles. The van der Waals surface area contributed by atoms with Gasteiger partial charge in [-0.3, -0.25) is 0 Å².